The normalized spacial score (nSPS) is 6.82. The van der Waals surface area contributed by atoms with Gasteiger partial charge < -0.3 is 5.73 Å². The van der Waals surface area contributed by atoms with Crippen molar-refractivity contribution in [2.45, 2.75) is 13.8 Å². The second-order valence-corrected chi connectivity index (χ2v) is 2.12. The molecule has 0 aliphatic carbocycles. The van der Waals surface area contributed by atoms with E-state index in [1.807, 2.05) is 13.8 Å². The summed E-state index contributed by atoms with van der Waals surface area (Å²) in [4.78, 5) is 10.1. The number of carbonyl (C=O) groups excluding carboxylic acids is 1. The molecule has 0 spiro atoms. The molecular formula is C7H14NNaOS. The van der Waals surface area contributed by atoms with Crippen LogP contribution in [0.15, 0.2) is 17.9 Å². The van der Waals surface area contributed by atoms with Gasteiger partial charge in [-0.05, 0) is 12.0 Å². The van der Waals surface area contributed by atoms with Crippen molar-refractivity contribution in [3.8, 4) is 0 Å². The van der Waals surface area contributed by atoms with Gasteiger partial charge in [-0.2, -0.15) is 13.5 Å². The zero-order valence-corrected chi connectivity index (χ0v) is 7.22. The van der Waals surface area contributed by atoms with Crippen LogP contribution < -0.4 is 5.73 Å². The van der Waals surface area contributed by atoms with Gasteiger partial charge in [-0.1, -0.05) is 13.8 Å². The predicted octanol–water partition coefficient (Wildman–Crippen LogP) is 0.303. The SMILES string of the molecule is CC(C)C=C=CC(N)=O.S.[NaH]. The zero-order valence-electron chi connectivity index (χ0n) is 6.22. The van der Waals surface area contributed by atoms with Gasteiger partial charge in [0.15, 0.2) is 0 Å². The second kappa shape index (κ2) is 10.3. The summed E-state index contributed by atoms with van der Waals surface area (Å²) in [5.74, 6) is -0.0347. The van der Waals surface area contributed by atoms with Crippen LogP contribution in [0.4, 0.5) is 0 Å². The van der Waals surface area contributed by atoms with E-state index in [-0.39, 0.29) is 43.1 Å². The Morgan fingerprint density at radius 2 is 2.00 bits per heavy atom. The van der Waals surface area contributed by atoms with Crippen LogP contribution in [0.3, 0.4) is 0 Å². The molecule has 2 N–H and O–H groups in total. The summed E-state index contributed by atoms with van der Waals surface area (Å²) in [5, 5.41) is 0. The van der Waals surface area contributed by atoms with E-state index in [0.29, 0.717) is 5.92 Å². The van der Waals surface area contributed by atoms with E-state index >= 15 is 0 Å². The van der Waals surface area contributed by atoms with Gasteiger partial charge in [0.1, 0.15) is 0 Å². The molecule has 0 aliphatic heterocycles. The summed E-state index contributed by atoms with van der Waals surface area (Å²) in [6.07, 6.45) is 3.00. The summed E-state index contributed by atoms with van der Waals surface area (Å²) in [6.45, 7) is 4.00. The number of nitrogens with two attached hydrogens (primary N) is 1. The van der Waals surface area contributed by atoms with Crippen LogP contribution in [0.1, 0.15) is 13.8 Å². The zero-order chi connectivity index (χ0) is 7.28. The summed E-state index contributed by atoms with van der Waals surface area (Å²) in [7, 11) is 0. The van der Waals surface area contributed by atoms with Gasteiger partial charge >= 0.3 is 29.6 Å². The van der Waals surface area contributed by atoms with E-state index in [1.54, 1.807) is 6.08 Å². The fourth-order valence-electron chi connectivity index (χ4n) is 0.323. The number of rotatable bonds is 2. The van der Waals surface area contributed by atoms with Crippen LogP contribution in [-0.4, -0.2) is 35.5 Å². The van der Waals surface area contributed by atoms with Crippen molar-refractivity contribution in [2.75, 3.05) is 0 Å². The second-order valence-electron chi connectivity index (χ2n) is 2.12. The topological polar surface area (TPSA) is 43.1 Å². The molecule has 0 bridgehead atoms. The van der Waals surface area contributed by atoms with E-state index in [1.165, 1.54) is 6.08 Å². The van der Waals surface area contributed by atoms with Crippen molar-refractivity contribution < 1.29 is 4.79 Å². The van der Waals surface area contributed by atoms with Gasteiger partial charge in [-0.15, -0.1) is 5.73 Å². The van der Waals surface area contributed by atoms with E-state index < -0.39 is 5.91 Å². The fraction of sp³-hybridized carbons (Fsp3) is 0.429. The number of primary amides is 1. The summed E-state index contributed by atoms with van der Waals surface area (Å²) in [5.41, 5.74) is 7.46. The fourth-order valence-corrected chi connectivity index (χ4v) is 0.323. The van der Waals surface area contributed by atoms with Crippen LogP contribution in [0, 0.1) is 5.92 Å². The molecule has 0 saturated carbocycles. The molecule has 60 valence electrons. The van der Waals surface area contributed by atoms with Gasteiger partial charge in [0, 0.05) is 6.08 Å². The monoisotopic (exact) mass is 183 g/mol. The maximum atomic E-state index is 10.1. The van der Waals surface area contributed by atoms with Gasteiger partial charge in [0.05, 0.1) is 0 Å². The molecule has 0 atom stereocenters. The molecule has 2 nitrogen and oxygen atoms in total. The van der Waals surface area contributed by atoms with Crippen LogP contribution in [0.2, 0.25) is 0 Å². The summed E-state index contributed by atoms with van der Waals surface area (Å²) < 4.78 is 0. The molecule has 0 aromatic carbocycles. The van der Waals surface area contributed by atoms with Crippen molar-refractivity contribution in [3.05, 3.63) is 17.9 Å². The average Bonchev–Trinajstić information content (AvgIpc) is 1.63. The Kier molecular flexibility index (Phi) is 16.4. The Labute approximate surface area is 96.7 Å². The van der Waals surface area contributed by atoms with E-state index in [0.717, 1.165) is 0 Å². The van der Waals surface area contributed by atoms with Gasteiger partial charge in [-0.3, -0.25) is 4.79 Å². The van der Waals surface area contributed by atoms with Crippen molar-refractivity contribution in [2.24, 2.45) is 11.7 Å². The number of amides is 1. The van der Waals surface area contributed by atoms with Crippen LogP contribution >= 0.6 is 13.5 Å². The Morgan fingerprint density at radius 3 is 2.27 bits per heavy atom. The third kappa shape index (κ3) is 17.9. The van der Waals surface area contributed by atoms with Crippen LogP contribution in [0.5, 0.6) is 0 Å². The van der Waals surface area contributed by atoms with Crippen molar-refractivity contribution in [1.29, 1.82) is 0 Å². The number of hydrogen-bond acceptors (Lipinski definition) is 1. The third-order valence-electron chi connectivity index (χ3n) is 0.655. The Balaban J connectivity index is -0.000000320. The number of carbonyl (C=O) groups is 1. The first kappa shape index (κ1) is 17.4. The molecule has 0 unspecified atom stereocenters. The average molecular weight is 183 g/mol. The molecule has 0 aliphatic rings. The van der Waals surface area contributed by atoms with E-state index in [9.17, 15) is 4.79 Å². The molecule has 0 saturated heterocycles. The minimum atomic E-state index is -0.452. The van der Waals surface area contributed by atoms with Crippen molar-refractivity contribution in [3.63, 3.8) is 0 Å². The molecule has 0 aromatic heterocycles. The molecule has 1 amide bonds. The maximum absolute atomic E-state index is 10.1. The van der Waals surface area contributed by atoms with Gasteiger partial charge in [0.2, 0.25) is 5.91 Å². The molecule has 0 heterocycles. The molecule has 0 radical (unpaired) electrons. The Morgan fingerprint density at radius 1 is 1.55 bits per heavy atom. The minimum absolute atomic E-state index is 0. The number of hydrogen-bond donors (Lipinski definition) is 1. The first-order valence-electron chi connectivity index (χ1n) is 2.85. The molecule has 0 aromatic rings. The van der Waals surface area contributed by atoms with Crippen molar-refractivity contribution >= 4 is 49.0 Å². The molecule has 0 rings (SSSR count). The molecule has 4 heteroatoms. The quantitative estimate of drug-likeness (QED) is 0.373. The van der Waals surface area contributed by atoms with E-state index in [4.69, 9.17) is 5.73 Å². The molecule has 11 heavy (non-hydrogen) atoms. The molecular weight excluding hydrogens is 169 g/mol. The van der Waals surface area contributed by atoms with Gasteiger partial charge in [0.25, 0.3) is 0 Å². The predicted molar refractivity (Wildman–Crippen MR) is 54.2 cm³/mol. The summed E-state index contributed by atoms with van der Waals surface area (Å²) >= 11 is 0. The van der Waals surface area contributed by atoms with Gasteiger partial charge in [-0.25, -0.2) is 0 Å². The van der Waals surface area contributed by atoms with Crippen molar-refractivity contribution in [1.82, 2.24) is 0 Å². The van der Waals surface area contributed by atoms with Crippen LogP contribution in [0.25, 0.3) is 0 Å². The first-order valence-corrected chi connectivity index (χ1v) is 2.85. The summed E-state index contributed by atoms with van der Waals surface area (Å²) in [6, 6.07) is 0. The third-order valence-corrected chi connectivity index (χ3v) is 0.655. The Bertz CT molecular complexity index is 162. The standard InChI is InChI=1S/C7H11NO.Na.H2S.H/c1-6(2)4-3-5-7(8)9;;;/h4-6H,1-2H3,(H2,8,9);;1H2;. The Hall–Kier alpha value is 0.340. The first-order chi connectivity index (χ1) is 4.13. The van der Waals surface area contributed by atoms with E-state index in [2.05, 4.69) is 5.73 Å². The van der Waals surface area contributed by atoms with Crippen LogP contribution in [-0.2, 0) is 4.79 Å². The molecule has 0 fully saturated rings.